The van der Waals surface area contributed by atoms with Gasteiger partial charge in [-0.3, -0.25) is 9.88 Å². The largest absolute Gasteiger partial charge is 0.383 e. The highest BCUT2D eigenvalue weighted by atomic mass is 16.3. The molecule has 5 heteroatoms. The summed E-state index contributed by atoms with van der Waals surface area (Å²) in [5.41, 5.74) is 2.35. The molecule has 0 bridgehead atoms. The van der Waals surface area contributed by atoms with E-state index >= 15 is 0 Å². The second kappa shape index (κ2) is 7.64. The lowest BCUT2D eigenvalue weighted by atomic mass is 9.85. The Morgan fingerprint density at radius 1 is 1.15 bits per heavy atom. The Bertz CT molecular complexity index is 761. The van der Waals surface area contributed by atoms with Crippen LogP contribution in [0, 0.1) is 18.8 Å². The van der Waals surface area contributed by atoms with Gasteiger partial charge in [0.1, 0.15) is 11.4 Å². The zero-order valence-corrected chi connectivity index (χ0v) is 16.4. The molecule has 1 saturated heterocycles. The molecule has 2 aromatic heterocycles. The molecule has 0 aromatic carbocycles. The van der Waals surface area contributed by atoms with Crippen LogP contribution in [0.1, 0.15) is 55.3 Å². The number of aryl methyl sites for hydroxylation is 2. The Morgan fingerprint density at radius 3 is 2.67 bits per heavy atom. The average Bonchev–Trinajstić information content (AvgIpc) is 3.22. The van der Waals surface area contributed by atoms with Crippen molar-refractivity contribution in [2.24, 2.45) is 11.8 Å². The summed E-state index contributed by atoms with van der Waals surface area (Å²) in [5, 5.41) is 11.4. The van der Waals surface area contributed by atoms with E-state index in [4.69, 9.17) is 0 Å². The fourth-order valence-corrected chi connectivity index (χ4v) is 4.74. The second-order valence-electron chi connectivity index (χ2n) is 8.36. The van der Waals surface area contributed by atoms with Gasteiger partial charge in [0.05, 0.1) is 5.69 Å². The molecule has 1 aliphatic carbocycles. The number of hydrogen-bond acceptors (Lipinski definition) is 5. The molecule has 5 nitrogen and oxygen atoms in total. The summed E-state index contributed by atoms with van der Waals surface area (Å²) < 4.78 is 0. The monoisotopic (exact) mass is 366 g/mol. The van der Waals surface area contributed by atoms with Crippen LogP contribution < -0.4 is 0 Å². The minimum Gasteiger partial charge on any atom is -0.383 e. The molecular formula is C22H30N4O. The molecule has 1 aliphatic heterocycles. The molecular weight excluding hydrogens is 336 g/mol. The highest BCUT2D eigenvalue weighted by Crippen LogP contribution is 2.50. The summed E-state index contributed by atoms with van der Waals surface area (Å²) in [6, 6.07) is 4.06. The predicted molar refractivity (Wildman–Crippen MR) is 105 cm³/mol. The summed E-state index contributed by atoms with van der Waals surface area (Å²) in [6.07, 6.45) is 11.0. The fourth-order valence-electron chi connectivity index (χ4n) is 4.74. The van der Waals surface area contributed by atoms with Crippen molar-refractivity contribution in [1.29, 1.82) is 0 Å². The number of pyridine rings is 1. The second-order valence-corrected chi connectivity index (χ2v) is 8.36. The molecule has 3 atom stereocenters. The van der Waals surface area contributed by atoms with Crippen molar-refractivity contribution in [2.75, 3.05) is 13.1 Å². The molecule has 1 N–H and O–H groups in total. The summed E-state index contributed by atoms with van der Waals surface area (Å²) in [6.45, 7) is 7.03. The SMILES string of the molecule is CCCCc1ncc(CN2CC3CCC(O)(c4ccc(C)cn4)C3C2)cn1. The van der Waals surface area contributed by atoms with Crippen LogP contribution >= 0.6 is 0 Å². The number of rotatable bonds is 6. The topological polar surface area (TPSA) is 62.1 Å². The van der Waals surface area contributed by atoms with E-state index in [1.807, 2.05) is 31.6 Å². The smallest absolute Gasteiger partial charge is 0.128 e. The van der Waals surface area contributed by atoms with E-state index < -0.39 is 5.60 Å². The van der Waals surface area contributed by atoms with Crippen molar-refractivity contribution in [3.8, 4) is 0 Å². The first-order valence-corrected chi connectivity index (χ1v) is 10.3. The number of hydrogen-bond donors (Lipinski definition) is 1. The van der Waals surface area contributed by atoms with Gasteiger partial charge in [-0.1, -0.05) is 19.4 Å². The van der Waals surface area contributed by atoms with Gasteiger partial charge < -0.3 is 5.11 Å². The van der Waals surface area contributed by atoms with E-state index in [9.17, 15) is 5.11 Å². The lowest BCUT2D eigenvalue weighted by Crippen LogP contribution is -2.35. The molecule has 2 aliphatic rings. The highest BCUT2D eigenvalue weighted by molar-refractivity contribution is 5.22. The fraction of sp³-hybridized carbons (Fsp3) is 0.591. The minimum atomic E-state index is -0.784. The van der Waals surface area contributed by atoms with Crippen LogP contribution in [0.4, 0.5) is 0 Å². The van der Waals surface area contributed by atoms with Crippen molar-refractivity contribution in [3.63, 3.8) is 0 Å². The lowest BCUT2D eigenvalue weighted by molar-refractivity contribution is -0.0108. The van der Waals surface area contributed by atoms with Gasteiger partial charge in [-0.15, -0.1) is 0 Å². The Labute approximate surface area is 161 Å². The van der Waals surface area contributed by atoms with Gasteiger partial charge in [0, 0.05) is 56.1 Å². The van der Waals surface area contributed by atoms with E-state index in [2.05, 4.69) is 32.8 Å². The Hall–Kier alpha value is -1.85. The first kappa shape index (κ1) is 18.5. The maximum atomic E-state index is 11.4. The Balaban J connectivity index is 1.41. The maximum Gasteiger partial charge on any atom is 0.128 e. The molecule has 0 amide bonds. The Morgan fingerprint density at radius 2 is 1.96 bits per heavy atom. The van der Waals surface area contributed by atoms with Crippen LogP contribution in [0.3, 0.4) is 0 Å². The van der Waals surface area contributed by atoms with Crippen molar-refractivity contribution < 1.29 is 5.11 Å². The molecule has 0 spiro atoms. The van der Waals surface area contributed by atoms with Gasteiger partial charge in [-0.25, -0.2) is 9.97 Å². The van der Waals surface area contributed by atoms with Gasteiger partial charge >= 0.3 is 0 Å². The molecule has 3 heterocycles. The Kier molecular flexibility index (Phi) is 5.24. The van der Waals surface area contributed by atoms with E-state index in [-0.39, 0.29) is 5.92 Å². The third kappa shape index (κ3) is 3.76. The molecule has 144 valence electrons. The number of likely N-dealkylation sites (tertiary alicyclic amines) is 1. The van der Waals surface area contributed by atoms with E-state index in [0.717, 1.165) is 68.0 Å². The van der Waals surface area contributed by atoms with Gasteiger partial charge in [0.25, 0.3) is 0 Å². The van der Waals surface area contributed by atoms with Gasteiger partial charge in [-0.05, 0) is 43.7 Å². The molecule has 3 unspecified atom stereocenters. The zero-order valence-electron chi connectivity index (χ0n) is 16.4. The molecule has 0 radical (unpaired) electrons. The maximum absolute atomic E-state index is 11.4. The average molecular weight is 367 g/mol. The van der Waals surface area contributed by atoms with Crippen LogP contribution in [0.5, 0.6) is 0 Å². The number of aromatic nitrogens is 3. The third-order valence-electron chi connectivity index (χ3n) is 6.30. The van der Waals surface area contributed by atoms with Gasteiger partial charge in [-0.2, -0.15) is 0 Å². The van der Waals surface area contributed by atoms with Gasteiger partial charge in [0.15, 0.2) is 0 Å². The quantitative estimate of drug-likeness (QED) is 0.850. The third-order valence-corrected chi connectivity index (χ3v) is 6.30. The summed E-state index contributed by atoms with van der Waals surface area (Å²) in [5.74, 6) is 1.75. The standard InChI is InChI=1S/C22H30N4O/c1-3-4-5-21-24-11-17(12-25-21)13-26-14-18-8-9-22(27,19(18)15-26)20-7-6-16(2)10-23-20/h6-7,10-12,18-19,27H,3-5,8-9,13-15H2,1-2H3. The minimum absolute atomic E-state index is 0.262. The van der Waals surface area contributed by atoms with Crippen molar-refractivity contribution >= 4 is 0 Å². The molecule has 4 rings (SSSR count). The number of fused-ring (bicyclic) bond motifs is 1. The van der Waals surface area contributed by atoms with E-state index in [0.29, 0.717) is 5.92 Å². The number of unbranched alkanes of at least 4 members (excludes halogenated alkanes) is 1. The van der Waals surface area contributed by atoms with Crippen LogP contribution in [0.15, 0.2) is 30.7 Å². The van der Waals surface area contributed by atoms with Crippen molar-refractivity contribution in [1.82, 2.24) is 19.9 Å². The van der Waals surface area contributed by atoms with Crippen LogP contribution in [-0.2, 0) is 18.6 Å². The summed E-state index contributed by atoms with van der Waals surface area (Å²) in [4.78, 5) is 16.0. The van der Waals surface area contributed by atoms with E-state index in [1.165, 1.54) is 6.42 Å². The van der Waals surface area contributed by atoms with Crippen LogP contribution in [0.25, 0.3) is 0 Å². The summed E-state index contributed by atoms with van der Waals surface area (Å²) >= 11 is 0. The molecule has 1 saturated carbocycles. The molecule has 27 heavy (non-hydrogen) atoms. The van der Waals surface area contributed by atoms with Crippen molar-refractivity contribution in [3.05, 3.63) is 53.4 Å². The molecule has 2 fully saturated rings. The molecule has 2 aromatic rings. The van der Waals surface area contributed by atoms with E-state index in [1.54, 1.807) is 0 Å². The summed E-state index contributed by atoms with van der Waals surface area (Å²) in [7, 11) is 0. The highest BCUT2D eigenvalue weighted by Gasteiger charge is 2.53. The van der Waals surface area contributed by atoms with Gasteiger partial charge in [0.2, 0.25) is 0 Å². The normalized spacial score (nSPS) is 27.8. The first-order chi connectivity index (χ1) is 13.1. The first-order valence-electron chi connectivity index (χ1n) is 10.3. The number of aliphatic hydroxyl groups is 1. The predicted octanol–water partition coefficient (Wildman–Crippen LogP) is 3.25. The zero-order chi connectivity index (χ0) is 18.9. The van der Waals surface area contributed by atoms with Crippen molar-refractivity contribution in [2.45, 2.75) is 58.1 Å². The lowest BCUT2D eigenvalue weighted by Gasteiger charge is -2.29. The number of nitrogens with zero attached hydrogens (tertiary/aromatic N) is 4. The van der Waals surface area contributed by atoms with Crippen LogP contribution in [-0.4, -0.2) is 38.0 Å². The van der Waals surface area contributed by atoms with Crippen LogP contribution in [0.2, 0.25) is 0 Å².